The van der Waals surface area contributed by atoms with E-state index in [1.807, 2.05) is 55.6 Å². The molecule has 7 heteroatoms. The van der Waals surface area contributed by atoms with E-state index in [4.69, 9.17) is 14.2 Å². The highest BCUT2D eigenvalue weighted by atomic mass is 19.1. The van der Waals surface area contributed by atoms with Crippen molar-refractivity contribution >= 4 is 10.8 Å². The van der Waals surface area contributed by atoms with Gasteiger partial charge in [-0.2, -0.15) is 0 Å². The van der Waals surface area contributed by atoms with Crippen molar-refractivity contribution in [1.82, 2.24) is 9.47 Å². The molecule has 6 nitrogen and oxygen atoms in total. The summed E-state index contributed by atoms with van der Waals surface area (Å²) in [5.41, 5.74) is 1.75. The highest BCUT2D eigenvalue weighted by molar-refractivity contribution is 5.83. The van der Waals surface area contributed by atoms with Crippen molar-refractivity contribution in [3.05, 3.63) is 64.6 Å². The van der Waals surface area contributed by atoms with Crippen molar-refractivity contribution in [3.8, 4) is 17.2 Å². The summed E-state index contributed by atoms with van der Waals surface area (Å²) in [6, 6.07) is 14.4. The average Bonchev–Trinajstić information content (AvgIpc) is 3.50. The summed E-state index contributed by atoms with van der Waals surface area (Å²) >= 11 is 0. The molecule has 4 heterocycles. The Morgan fingerprint density at radius 2 is 1.89 bits per heavy atom. The summed E-state index contributed by atoms with van der Waals surface area (Å²) < 4.78 is 32.6. The van der Waals surface area contributed by atoms with Crippen molar-refractivity contribution in [2.24, 2.45) is 0 Å². The minimum absolute atomic E-state index is 0.0620. The summed E-state index contributed by atoms with van der Waals surface area (Å²) in [6.07, 6.45) is 8.40. The third kappa shape index (κ3) is 4.99. The zero-order chi connectivity index (χ0) is 25.4. The van der Waals surface area contributed by atoms with Gasteiger partial charge in [-0.05, 0) is 98.9 Å². The molecule has 0 aliphatic carbocycles. The van der Waals surface area contributed by atoms with Crippen LogP contribution in [0.2, 0.25) is 0 Å². The molecular weight excluding hydrogens is 471 g/mol. The van der Waals surface area contributed by atoms with Gasteiger partial charge in [-0.1, -0.05) is 0 Å². The predicted molar refractivity (Wildman–Crippen MR) is 142 cm³/mol. The van der Waals surface area contributed by atoms with Crippen LogP contribution in [-0.4, -0.2) is 60.2 Å². The van der Waals surface area contributed by atoms with Gasteiger partial charge in [-0.25, -0.2) is 4.39 Å². The average molecular weight is 507 g/mol. The Kier molecular flexibility index (Phi) is 6.91. The number of pyridine rings is 1. The van der Waals surface area contributed by atoms with E-state index >= 15 is 0 Å². The maximum absolute atomic E-state index is 13.3. The molecule has 3 aliphatic rings. The molecule has 2 aromatic carbocycles. The monoisotopic (exact) mass is 506 g/mol. The molecule has 3 fully saturated rings. The van der Waals surface area contributed by atoms with Gasteiger partial charge in [0.05, 0.1) is 6.10 Å². The van der Waals surface area contributed by atoms with Crippen LogP contribution in [0.5, 0.6) is 11.5 Å². The second-order valence-corrected chi connectivity index (χ2v) is 10.7. The molecule has 0 amide bonds. The first kappa shape index (κ1) is 24.4. The van der Waals surface area contributed by atoms with Crippen LogP contribution < -0.4 is 15.0 Å². The number of benzene rings is 2. The maximum Gasteiger partial charge on any atom is 0.262 e. The Hall–Kier alpha value is -2.90. The topological polar surface area (TPSA) is 52.9 Å². The van der Waals surface area contributed by atoms with E-state index in [9.17, 15) is 9.18 Å². The molecule has 0 unspecified atom stereocenters. The van der Waals surface area contributed by atoms with Gasteiger partial charge < -0.3 is 14.2 Å². The minimum atomic E-state index is -0.280. The minimum Gasteiger partial charge on any atom is -0.491 e. The van der Waals surface area contributed by atoms with Gasteiger partial charge in [0.2, 0.25) is 0 Å². The fourth-order valence-electron chi connectivity index (χ4n) is 6.36. The second-order valence-electron chi connectivity index (χ2n) is 10.7. The van der Waals surface area contributed by atoms with Crippen LogP contribution in [0.1, 0.15) is 44.1 Å². The molecule has 2 bridgehead atoms. The lowest BCUT2D eigenvalue weighted by molar-refractivity contribution is 0.0456. The third-order valence-corrected chi connectivity index (χ3v) is 8.25. The summed E-state index contributed by atoms with van der Waals surface area (Å²) in [7, 11) is 0. The van der Waals surface area contributed by atoms with E-state index in [0.29, 0.717) is 30.6 Å². The Labute approximate surface area is 216 Å². The van der Waals surface area contributed by atoms with Crippen LogP contribution in [0.25, 0.3) is 16.5 Å². The van der Waals surface area contributed by atoms with Gasteiger partial charge in [0.25, 0.3) is 5.56 Å². The van der Waals surface area contributed by atoms with E-state index < -0.39 is 0 Å². The molecule has 196 valence electrons. The fraction of sp³-hybridized carbons (Fsp3) is 0.500. The molecule has 3 aliphatic heterocycles. The van der Waals surface area contributed by atoms with E-state index in [-0.39, 0.29) is 24.4 Å². The molecule has 3 aromatic rings. The number of alkyl halides is 1. The molecule has 0 radical (unpaired) electrons. The SMILES string of the molecule is Cc1cc(-n2ccc3cc(OC[C@H]4CCCO4)ccc3c2=O)ccc1O[C@H]1C[C@H]2CC[C@@H](C1)N2CCF. The zero-order valence-corrected chi connectivity index (χ0v) is 21.4. The number of piperidine rings is 1. The van der Waals surface area contributed by atoms with Crippen molar-refractivity contribution in [1.29, 1.82) is 0 Å². The number of hydrogen-bond donors (Lipinski definition) is 0. The molecule has 6 rings (SSSR count). The molecule has 0 spiro atoms. The summed E-state index contributed by atoms with van der Waals surface area (Å²) in [5, 5.41) is 1.51. The molecule has 4 atom stereocenters. The third-order valence-electron chi connectivity index (χ3n) is 8.25. The molecule has 0 saturated carbocycles. The molecular formula is C30H35FN2O4. The largest absolute Gasteiger partial charge is 0.491 e. The predicted octanol–water partition coefficient (Wildman–Crippen LogP) is 5.20. The first-order valence-corrected chi connectivity index (χ1v) is 13.6. The second kappa shape index (κ2) is 10.5. The Balaban J connectivity index is 1.16. The van der Waals surface area contributed by atoms with Gasteiger partial charge in [0.15, 0.2) is 0 Å². The lowest BCUT2D eigenvalue weighted by atomic mass is 9.99. The van der Waals surface area contributed by atoms with Crippen LogP contribution >= 0.6 is 0 Å². The zero-order valence-electron chi connectivity index (χ0n) is 21.4. The van der Waals surface area contributed by atoms with Crippen LogP contribution in [0.3, 0.4) is 0 Å². The van der Waals surface area contributed by atoms with E-state index in [1.54, 1.807) is 4.57 Å². The van der Waals surface area contributed by atoms with Gasteiger partial charge in [-0.3, -0.25) is 14.3 Å². The van der Waals surface area contributed by atoms with Gasteiger partial charge in [0.1, 0.15) is 30.9 Å². The quantitative estimate of drug-likeness (QED) is 0.420. The number of nitrogens with zero attached hydrogens (tertiary/aromatic N) is 2. The van der Waals surface area contributed by atoms with Crippen LogP contribution in [-0.2, 0) is 4.74 Å². The highest BCUT2D eigenvalue weighted by Gasteiger charge is 2.41. The van der Waals surface area contributed by atoms with E-state index in [1.165, 1.54) is 0 Å². The normalized spacial score (nSPS) is 25.6. The lowest BCUT2D eigenvalue weighted by Gasteiger charge is -2.38. The van der Waals surface area contributed by atoms with Crippen molar-refractivity contribution in [2.75, 3.05) is 26.4 Å². The summed E-state index contributed by atoms with van der Waals surface area (Å²) in [6.45, 7) is 3.63. The molecule has 37 heavy (non-hydrogen) atoms. The number of ether oxygens (including phenoxy) is 3. The van der Waals surface area contributed by atoms with Crippen LogP contribution in [0.15, 0.2) is 53.5 Å². The first-order valence-electron chi connectivity index (χ1n) is 13.6. The number of aryl methyl sites for hydroxylation is 1. The van der Waals surface area contributed by atoms with Crippen molar-refractivity contribution in [3.63, 3.8) is 0 Å². The number of halogens is 1. The number of hydrogen-bond acceptors (Lipinski definition) is 5. The molecule has 0 N–H and O–H groups in total. The fourth-order valence-corrected chi connectivity index (χ4v) is 6.36. The van der Waals surface area contributed by atoms with E-state index in [2.05, 4.69) is 4.90 Å². The standard InChI is InChI=1S/C30H35FN2O4/c1-20-15-22(6-9-29(20)37-27-17-23-4-5-24(18-27)32(23)13-11-31)33-12-10-21-16-25(7-8-28(21)30(33)34)36-19-26-3-2-14-35-26/h6-10,12,15-16,23-24,26-27H,2-5,11,13-14,17-19H2,1H3/t23-,24+,26-,27+/m1/s1. The maximum atomic E-state index is 13.3. The number of aromatic nitrogens is 1. The lowest BCUT2D eigenvalue weighted by Crippen LogP contribution is -2.47. The Morgan fingerprint density at radius 1 is 1.05 bits per heavy atom. The number of fused-ring (bicyclic) bond motifs is 3. The molecule has 3 saturated heterocycles. The smallest absolute Gasteiger partial charge is 0.262 e. The van der Waals surface area contributed by atoms with Gasteiger partial charge >= 0.3 is 0 Å². The summed E-state index contributed by atoms with van der Waals surface area (Å²) in [4.78, 5) is 15.7. The summed E-state index contributed by atoms with van der Waals surface area (Å²) in [5.74, 6) is 1.61. The van der Waals surface area contributed by atoms with E-state index in [0.717, 1.165) is 73.3 Å². The molecule has 1 aromatic heterocycles. The van der Waals surface area contributed by atoms with Crippen LogP contribution in [0, 0.1) is 6.92 Å². The van der Waals surface area contributed by atoms with Crippen molar-refractivity contribution < 1.29 is 18.6 Å². The highest BCUT2D eigenvalue weighted by Crippen LogP contribution is 2.37. The first-order chi connectivity index (χ1) is 18.1. The van der Waals surface area contributed by atoms with Gasteiger partial charge in [0, 0.05) is 42.5 Å². The van der Waals surface area contributed by atoms with Crippen LogP contribution in [0.4, 0.5) is 4.39 Å². The Bertz CT molecular complexity index is 1300. The van der Waals surface area contributed by atoms with Crippen molar-refractivity contribution in [2.45, 2.75) is 69.7 Å². The Morgan fingerprint density at radius 3 is 2.62 bits per heavy atom. The number of rotatable bonds is 8. The van der Waals surface area contributed by atoms with Gasteiger partial charge in [-0.15, -0.1) is 0 Å².